The fourth-order valence-electron chi connectivity index (χ4n) is 1.03. The second-order valence-corrected chi connectivity index (χ2v) is 3.67. The highest BCUT2D eigenvalue weighted by Crippen LogP contribution is 2.02. The lowest BCUT2D eigenvalue weighted by molar-refractivity contribution is -0.125. The predicted molar refractivity (Wildman–Crippen MR) is 52.5 cm³/mol. The molecule has 0 saturated heterocycles. The van der Waals surface area contributed by atoms with E-state index in [0.29, 0.717) is 18.6 Å². The minimum atomic E-state index is -0.847. The first-order valence-corrected chi connectivity index (χ1v) is 4.63. The number of hydrogen-bond donors (Lipinski definition) is 3. The van der Waals surface area contributed by atoms with Crippen molar-refractivity contribution in [3.63, 3.8) is 0 Å². The fourth-order valence-corrected chi connectivity index (χ4v) is 1.03. The lowest BCUT2D eigenvalue weighted by atomic mass is 10.0. The van der Waals surface area contributed by atoms with Gasteiger partial charge < -0.3 is 21.0 Å². The van der Waals surface area contributed by atoms with E-state index >= 15 is 0 Å². The van der Waals surface area contributed by atoms with Gasteiger partial charge in [-0.3, -0.25) is 4.79 Å². The summed E-state index contributed by atoms with van der Waals surface area (Å²) in [6.45, 7) is 3.51. The van der Waals surface area contributed by atoms with Gasteiger partial charge >= 0.3 is 0 Å². The normalized spacial score (nSPS) is 14.9. The highest BCUT2D eigenvalue weighted by molar-refractivity contribution is 5.84. The van der Waals surface area contributed by atoms with Crippen molar-refractivity contribution in [2.45, 2.75) is 32.4 Å². The number of aliphatic hydroxyl groups excluding tert-OH is 1. The van der Waals surface area contributed by atoms with Crippen molar-refractivity contribution < 1.29 is 14.7 Å². The Balaban J connectivity index is 3.99. The SMILES string of the molecule is CC(C)C[C@H](N)C(=O)N[C@H](C=O)CO. The Morgan fingerprint density at radius 1 is 1.57 bits per heavy atom. The molecule has 0 unspecified atom stereocenters. The molecular formula is C9H18N2O3. The second kappa shape index (κ2) is 6.50. The molecule has 82 valence electrons. The van der Waals surface area contributed by atoms with Gasteiger partial charge in [-0.25, -0.2) is 0 Å². The Hall–Kier alpha value is -0.940. The summed E-state index contributed by atoms with van der Waals surface area (Å²) in [7, 11) is 0. The van der Waals surface area contributed by atoms with Crippen LogP contribution in [0.2, 0.25) is 0 Å². The topological polar surface area (TPSA) is 92.4 Å². The Labute approximate surface area is 83.7 Å². The minimum Gasteiger partial charge on any atom is -0.394 e. The van der Waals surface area contributed by atoms with Crippen molar-refractivity contribution in [1.29, 1.82) is 0 Å². The summed E-state index contributed by atoms with van der Waals surface area (Å²) >= 11 is 0. The summed E-state index contributed by atoms with van der Waals surface area (Å²) in [5.74, 6) is -0.0793. The Bertz CT molecular complexity index is 194. The molecular weight excluding hydrogens is 184 g/mol. The average molecular weight is 202 g/mol. The molecule has 0 aromatic carbocycles. The van der Waals surface area contributed by atoms with Gasteiger partial charge in [0.1, 0.15) is 12.3 Å². The quantitative estimate of drug-likeness (QED) is 0.483. The standard InChI is InChI=1S/C9H18N2O3/c1-6(2)3-8(10)9(14)11-7(4-12)5-13/h4,6-8,13H,3,5,10H2,1-2H3,(H,11,14)/t7-,8+/m1/s1. The van der Waals surface area contributed by atoms with Gasteiger partial charge in [0.15, 0.2) is 0 Å². The maximum Gasteiger partial charge on any atom is 0.237 e. The molecule has 0 aliphatic rings. The highest BCUT2D eigenvalue weighted by atomic mass is 16.3. The second-order valence-electron chi connectivity index (χ2n) is 3.67. The number of carbonyl (C=O) groups excluding carboxylic acids is 2. The molecule has 0 aromatic rings. The van der Waals surface area contributed by atoms with Gasteiger partial charge in [0.25, 0.3) is 0 Å². The van der Waals surface area contributed by atoms with Crippen LogP contribution in [0.4, 0.5) is 0 Å². The first kappa shape index (κ1) is 13.1. The Morgan fingerprint density at radius 3 is 2.50 bits per heavy atom. The maximum absolute atomic E-state index is 11.3. The summed E-state index contributed by atoms with van der Waals surface area (Å²) in [5, 5.41) is 11.0. The molecule has 0 rings (SSSR count). The summed E-state index contributed by atoms with van der Waals surface area (Å²) in [5.41, 5.74) is 5.57. The molecule has 0 bridgehead atoms. The molecule has 0 radical (unpaired) electrons. The first-order chi connectivity index (χ1) is 6.51. The zero-order chi connectivity index (χ0) is 11.1. The van der Waals surface area contributed by atoms with Gasteiger partial charge in [-0.2, -0.15) is 0 Å². The number of aldehydes is 1. The lowest BCUT2D eigenvalue weighted by Crippen LogP contribution is -2.47. The van der Waals surface area contributed by atoms with Crippen molar-refractivity contribution in [3.05, 3.63) is 0 Å². The van der Waals surface area contributed by atoms with Gasteiger partial charge in [-0.05, 0) is 12.3 Å². The predicted octanol–water partition coefficient (Wildman–Crippen LogP) is -0.964. The van der Waals surface area contributed by atoms with Crippen molar-refractivity contribution >= 4 is 12.2 Å². The maximum atomic E-state index is 11.3. The van der Waals surface area contributed by atoms with Gasteiger partial charge in [0, 0.05) is 0 Å². The van der Waals surface area contributed by atoms with Crippen molar-refractivity contribution in [2.24, 2.45) is 11.7 Å². The smallest absolute Gasteiger partial charge is 0.237 e. The molecule has 0 saturated carbocycles. The van der Waals surface area contributed by atoms with E-state index in [2.05, 4.69) is 5.32 Å². The van der Waals surface area contributed by atoms with Crippen LogP contribution < -0.4 is 11.1 Å². The Kier molecular flexibility index (Phi) is 6.07. The van der Waals surface area contributed by atoms with E-state index in [9.17, 15) is 9.59 Å². The molecule has 14 heavy (non-hydrogen) atoms. The van der Waals surface area contributed by atoms with Crippen LogP contribution in [-0.2, 0) is 9.59 Å². The van der Waals surface area contributed by atoms with Crippen LogP contribution in [0, 0.1) is 5.92 Å². The monoisotopic (exact) mass is 202 g/mol. The first-order valence-electron chi connectivity index (χ1n) is 4.63. The van der Waals surface area contributed by atoms with E-state index in [0.717, 1.165) is 0 Å². The number of rotatable bonds is 6. The summed E-state index contributed by atoms with van der Waals surface area (Å²) in [6, 6.07) is -1.47. The van der Waals surface area contributed by atoms with E-state index in [1.165, 1.54) is 0 Å². The van der Waals surface area contributed by atoms with Crippen molar-refractivity contribution in [1.82, 2.24) is 5.32 Å². The van der Waals surface area contributed by atoms with Gasteiger partial charge in [0.05, 0.1) is 12.6 Å². The fraction of sp³-hybridized carbons (Fsp3) is 0.778. The van der Waals surface area contributed by atoms with E-state index in [1.807, 2.05) is 13.8 Å². The number of hydrogen-bond acceptors (Lipinski definition) is 4. The third kappa shape index (κ3) is 4.94. The largest absolute Gasteiger partial charge is 0.394 e. The third-order valence-corrected chi connectivity index (χ3v) is 1.75. The van der Waals surface area contributed by atoms with Gasteiger partial charge in [-0.15, -0.1) is 0 Å². The van der Waals surface area contributed by atoms with E-state index in [4.69, 9.17) is 10.8 Å². The molecule has 0 aliphatic heterocycles. The molecule has 0 aromatic heterocycles. The van der Waals surface area contributed by atoms with Gasteiger partial charge in [-0.1, -0.05) is 13.8 Å². The highest BCUT2D eigenvalue weighted by Gasteiger charge is 2.17. The molecule has 0 aliphatic carbocycles. The van der Waals surface area contributed by atoms with Crippen LogP contribution in [0.1, 0.15) is 20.3 Å². The molecule has 2 atom stereocenters. The molecule has 0 heterocycles. The van der Waals surface area contributed by atoms with Crippen molar-refractivity contribution in [2.75, 3.05) is 6.61 Å². The van der Waals surface area contributed by atoms with E-state index in [1.54, 1.807) is 0 Å². The zero-order valence-electron chi connectivity index (χ0n) is 8.56. The molecule has 0 spiro atoms. The van der Waals surface area contributed by atoms with E-state index in [-0.39, 0.29) is 0 Å². The lowest BCUT2D eigenvalue weighted by Gasteiger charge is -2.16. The third-order valence-electron chi connectivity index (χ3n) is 1.75. The Morgan fingerprint density at radius 2 is 2.14 bits per heavy atom. The van der Waals surface area contributed by atoms with Crippen LogP contribution in [0.25, 0.3) is 0 Å². The zero-order valence-corrected chi connectivity index (χ0v) is 8.56. The number of aliphatic hydroxyl groups is 1. The van der Waals surface area contributed by atoms with Gasteiger partial charge in [0.2, 0.25) is 5.91 Å². The summed E-state index contributed by atoms with van der Waals surface area (Å²) in [4.78, 5) is 21.6. The molecule has 0 fully saturated rings. The summed E-state index contributed by atoms with van der Waals surface area (Å²) < 4.78 is 0. The van der Waals surface area contributed by atoms with Crippen LogP contribution in [0.15, 0.2) is 0 Å². The molecule has 5 nitrogen and oxygen atoms in total. The van der Waals surface area contributed by atoms with Crippen molar-refractivity contribution in [3.8, 4) is 0 Å². The number of nitrogens with two attached hydrogens (primary N) is 1. The summed E-state index contributed by atoms with van der Waals surface area (Å²) in [6.07, 6.45) is 1.04. The molecule has 4 N–H and O–H groups in total. The minimum absolute atomic E-state index is 0.319. The number of carbonyl (C=O) groups is 2. The number of amides is 1. The van der Waals surface area contributed by atoms with Crippen LogP contribution in [-0.4, -0.2) is 36.0 Å². The molecule has 1 amide bonds. The van der Waals surface area contributed by atoms with E-state index < -0.39 is 24.6 Å². The number of nitrogens with one attached hydrogen (secondary N) is 1. The van der Waals surface area contributed by atoms with Crippen LogP contribution >= 0.6 is 0 Å². The average Bonchev–Trinajstić information content (AvgIpc) is 2.12. The van der Waals surface area contributed by atoms with Crippen LogP contribution in [0.3, 0.4) is 0 Å². The van der Waals surface area contributed by atoms with Crippen LogP contribution in [0.5, 0.6) is 0 Å². The molecule has 5 heteroatoms.